The number of anilines is 1. The SMILES string of the molecule is CCc1ccccc1N1C(=O)/C(=C\c2ccc(Br)s2)NC1=S. The number of nitrogens with one attached hydrogen (secondary N) is 1. The Morgan fingerprint density at radius 2 is 2.09 bits per heavy atom. The van der Waals surface area contributed by atoms with Crippen LogP contribution in [0.1, 0.15) is 17.4 Å². The van der Waals surface area contributed by atoms with Crippen LogP contribution in [-0.2, 0) is 11.2 Å². The Kier molecular flexibility index (Phi) is 4.42. The fourth-order valence-corrected chi connectivity index (χ4v) is 3.99. The van der Waals surface area contributed by atoms with Gasteiger partial charge in [-0.3, -0.25) is 9.69 Å². The second kappa shape index (κ2) is 6.32. The number of hydrogen-bond donors (Lipinski definition) is 1. The second-order valence-corrected chi connectivity index (χ2v) is 7.63. The van der Waals surface area contributed by atoms with Crippen LogP contribution in [0.2, 0.25) is 0 Å². The van der Waals surface area contributed by atoms with Crippen LogP contribution in [0.25, 0.3) is 6.08 Å². The van der Waals surface area contributed by atoms with Gasteiger partial charge < -0.3 is 5.32 Å². The van der Waals surface area contributed by atoms with E-state index >= 15 is 0 Å². The molecular weight excluding hydrogens is 380 g/mol. The number of halogens is 1. The van der Waals surface area contributed by atoms with Gasteiger partial charge in [-0.15, -0.1) is 11.3 Å². The van der Waals surface area contributed by atoms with Gasteiger partial charge in [0.15, 0.2) is 5.11 Å². The summed E-state index contributed by atoms with van der Waals surface area (Å²) in [7, 11) is 0. The lowest BCUT2D eigenvalue weighted by Gasteiger charge is -2.17. The van der Waals surface area contributed by atoms with Gasteiger partial charge in [0.05, 0.1) is 9.47 Å². The van der Waals surface area contributed by atoms with Gasteiger partial charge in [-0.05, 0) is 64.4 Å². The Hall–Kier alpha value is -1.50. The van der Waals surface area contributed by atoms with E-state index in [1.165, 1.54) is 0 Å². The average molecular weight is 393 g/mol. The number of para-hydroxylation sites is 1. The fraction of sp³-hybridized carbons (Fsp3) is 0.125. The summed E-state index contributed by atoms with van der Waals surface area (Å²) < 4.78 is 1.03. The van der Waals surface area contributed by atoms with Crippen molar-refractivity contribution in [1.82, 2.24) is 5.32 Å². The van der Waals surface area contributed by atoms with Gasteiger partial charge in [-0.1, -0.05) is 25.1 Å². The van der Waals surface area contributed by atoms with Crippen LogP contribution in [0.5, 0.6) is 0 Å². The Balaban J connectivity index is 1.97. The van der Waals surface area contributed by atoms with E-state index in [1.807, 2.05) is 42.5 Å². The number of rotatable bonds is 3. The van der Waals surface area contributed by atoms with Crippen molar-refractivity contribution >= 4 is 62.3 Å². The summed E-state index contributed by atoms with van der Waals surface area (Å²) in [6.07, 6.45) is 2.68. The van der Waals surface area contributed by atoms with E-state index in [0.717, 1.165) is 26.3 Å². The van der Waals surface area contributed by atoms with Crippen LogP contribution < -0.4 is 10.2 Å². The summed E-state index contributed by atoms with van der Waals surface area (Å²) in [5, 5.41) is 3.45. The van der Waals surface area contributed by atoms with Gasteiger partial charge in [-0.2, -0.15) is 0 Å². The second-order valence-electron chi connectivity index (χ2n) is 4.75. The summed E-state index contributed by atoms with van der Waals surface area (Å²) >= 11 is 10.3. The van der Waals surface area contributed by atoms with Crippen LogP contribution >= 0.6 is 39.5 Å². The van der Waals surface area contributed by atoms with E-state index in [-0.39, 0.29) is 5.91 Å². The zero-order valence-corrected chi connectivity index (χ0v) is 15.0. The molecule has 0 radical (unpaired) electrons. The molecule has 1 N–H and O–H groups in total. The number of aryl methyl sites for hydroxylation is 1. The summed E-state index contributed by atoms with van der Waals surface area (Å²) in [6.45, 7) is 2.07. The third-order valence-corrected chi connectivity index (χ3v) is 5.23. The minimum atomic E-state index is -0.115. The molecular formula is C16H13BrN2OS2. The van der Waals surface area contributed by atoms with Crippen molar-refractivity contribution in [2.45, 2.75) is 13.3 Å². The molecule has 3 nitrogen and oxygen atoms in total. The van der Waals surface area contributed by atoms with E-state index in [2.05, 4.69) is 28.2 Å². The highest BCUT2D eigenvalue weighted by Gasteiger charge is 2.32. The molecule has 0 saturated carbocycles. The number of benzene rings is 1. The van der Waals surface area contributed by atoms with Gasteiger partial charge >= 0.3 is 0 Å². The van der Waals surface area contributed by atoms with Gasteiger partial charge in [0.1, 0.15) is 5.70 Å². The van der Waals surface area contributed by atoms with E-state index in [9.17, 15) is 4.79 Å². The lowest BCUT2D eigenvalue weighted by atomic mass is 10.1. The molecule has 3 rings (SSSR count). The molecule has 1 fully saturated rings. The largest absolute Gasteiger partial charge is 0.327 e. The highest BCUT2D eigenvalue weighted by Crippen LogP contribution is 2.28. The predicted octanol–water partition coefficient (Wildman–Crippen LogP) is 4.34. The van der Waals surface area contributed by atoms with E-state index in [1.54, 1.807) is 16.2 Å². The molecule has 1 aliphatic heterocycles. The molecule has 2 heterocycles. The number of amides is 1. The smallest absolute Gasteiger partial charge is 0.281 e. The molecule has 22 heavy (non-hydrogen) atoms. The maximum Gasteiger partial charge on any atom is 0.281 e. The third kappa shape index (κ3) is 2.86. The topological polar surface area (TPSA) is 32.3 Å². The minimum Gasteiger partial charge on any atom is -0.327 e. The standard InChI is InChI=1S/C16H13BrN2OS2/c1-2-10-5-3-4-6-13(10)19-15(20)12(18-16(19)21)9-11-7-8-14(17)22-11/h3-9H,2H2,1H3,(H,18,21)/b12-9+. The van der Waals surface area contributed by atoms with Gasteiger partial charge in [0, 0.05) is 4.88 Å². The Bertz CT molecular complexity index is 782. The quantitative estimate of drug-likeness (QED) is 0.622. The minimum absolute atomic E-state index is 0.115. The van der Waals surface area contributed by atoms with Crippen LogP contribution in [0.3, 0.4) is 0 Å². The zero-order valence-electron chi connectivity index (χ0n) is 11.8. The van der Waals surface area contributed by atoms with Gasteiger partial charge in [-0.25, -0.2) is 0 Å². The fourth-order valence-electron chi connectivity index (χ4n) is 2.33. The van der Waals surface area contributed by atoms with Crippen molar-refractivity contribution in [3.8, 4) is 0 Å². The normalized spacial score (nSPS) is 16.5. The van der Waals surface area contributed by atoms with Crippen LogP contribution in [0, 0.1) is 0 Å². The molecule has 0 atom stereocenters. The van der Waals surface area contributed by atoms with Crippen LogP contribution in [0.4, 0.5) is 5.69 Å². The number of carbonyl (C=O) groups excluding carboxylic acids is 1. The maximum atomic E-state index is 12.7. The van der Waals surface area contributed by atoms with Crippen LogP contribution in [-0.4, -0.2) is 11.0 Å². The number of carbonyl (C=O) groups is 1. The molecule has 1 aromatic heterocycles. The molecule has 112 valence electrons. The highest BCUT2D eigenvalue weighted by atomic mass is 79.9. The van der Waals surface area contributed by atoms with Crippen molar-refractivity contribution in [3.05, 3.63) is 56.3 Å². The van der Waals surface area contributed by atoms with Crippen molar-refractivity contribution in [1.29, 1.82) is 0 Å². The van der Waals surface area contributed by atoms with E-state index in [0.29, 0.717) is 10.8 Å². The monoisotopic (exact) mass is 392 g/mol. The van der Waals surface area contributed by atoms with E-state index < -0.39 is 0 Å². The molecule has 1 saturated heterocycles. The highest BCUT2D eigenvalue weighted by molar-refractivity contribution is 9.11. The van der Waals surface area contributed by atoms with E-state index in [4.69, 9.17) is 12.2 Å². The van der Waals surface area contributed by atoms with Crippen molar-refractivity contribution in [2.24, 2.45) is 0 Å². The van der Waals surface area contributed by atoms with Crippen molar-refractivity contribution in [2.75, 3.05) is 4.90 Å². The molecule has 1 amide bonds. The first kappa shape index (κ1) is 15.4. The number of nitrogens with zero attached hydrogens (tertiary/aromatic N) is 1. The third-order valence-electron chi connectivity index (χ3n) is 3.37. The molecule has 0 aliphatic carbocycles. The summed E-state index contributed by atoms with van der Waals surface area (Å²) in [4.78, 5) is 15.3. The molecule has 0 spiro atoms. The average Bonchev–Trinajstić information content (AvgIpc) is 3.03. The van der Waals surface area contributed by atoms with Crippen LogP contribution in [0.15, 0.2) is 45.9 Å². The first-order chi connectivity index (χ1) is 10.6. The molecule has 0 unspecified atom stereocenters. The zero-order chi connectivity index (χ0) is 15.7. The first-order valence-corrected chi connectivity index (χ1v) is 8.82. The summed E-state index contributed by atoms with van der Waals surface area (Å²) in [5.41, 5.74) is 2.45. The maximum absolute atomic E-state index is 12.7. The molecule has 0 bridgehead atoms. The Morgan fingerprint density at radius 1 is 1.32 bits per heavy atom. The summed E-state index contributed by atoms with van der Waals surface area (Å²) in [5.74, 6) is -0.115. The van der Waals surface area contributed by atoms with Crippen molar-refractivity contribution < 1.29 is 4.79 Å². The number of hydrogen-bond acceptors (Lipinski definition) is 3. The summed E-state index contributed by atoms with van der Waals surface area (Å²) in [6, 6.07) is 11.8. The van der Waals surface area contributed by atoms with Gasteiger partial charge in [0.2, 0.25) is 0 Å². The van der Waals surface area contributed by atoms with Gasteiger partial charge in [0.25, 0.3) is 5.91 Å². The lowest BCUT2D eigenvalue weighted by Crippen LogP contribution is -2.31. The predicted molar refractivity (Wildman–Crippen MR) is 99.0 cm³/mol. The first-order valence-electron chi connectivity index (χ1n) is 6.80. The number of thiocarbonyl (C=S) groups is 1. The molecule has 2 aromatic rings. The molecule has 6 heteroatoms. The molecule has 1 aliphatic rings. The molecule has 1 aromatic carbocycles. The lowest BCUT2D eigenvalue weighted by molar-refractivity contribution is -0.113. The van der Waals surface area contributed by atoms with Crippen molar-refractivity contribution in [3.63, 3.8) is 0 Å². The number of thiophene rings is 1. The Morgan fingerprint density at radius 3 is 2.77 bits per heavy atom. The Labute approximate surface area is 146 Å².